The molecule has 0 spiro atoms. The van der Waals surface area contributed by atoms with Crippen LogP contribution in [0.3, 0.4) is 0 Å². The summed E-state index contributed by atoms with van der Waals surface area (Å²) in [4.78, 5) is 11.9. The third-order valence-corrected chi connectivity index (χ3v) is 3.96. The third kappa shape index (κ3) is 6.12. The van der Waals surface area contributed by atoms with E-state index >= 15 is 0 Å². The van der Waals surface area contributed by atoms with E-state index in [1.165, 1.54) is 0 Å². The normalized spacial score (nSPS) is 10.3. The second-order valence-electron chi connectivity index (χ2n) is 5.65. The van der Waals surface area contributed by atoms with Gasteiger partial charge in [-0.25, -0.2) is 0 Å². The fourth-order valence-electron chi connectivity index (χ4n) is 2.64. The predicted molar refractivity (Wildman–Crippen MR) is 99.3 cm³/mol. The minimum atomic E-state index is -0.00470. The van der Waals surface area contributed by atoms with Crippen LogP contribution in [-0.4, -0.2) is 39.8 Å². The average Bonchev–Trinajstić information content (AvgIpc) is 2.66. The van der Waals surface area contributed by atoms with Crippen LogP contribution < -0.4 is 20.1 Å². The molecule has 0 atom stereocenters. The van der Waals surface area contributed by atoms with Gasteiger partial charge in [-0.3, -0.25) is 4.79 Å². The summed E-state index contributed by atoms with van der Waals surface area (Å²) in [6, 6.07) is 15.8. The zero-order valence-corrected chi connectivity index (χ0v) is 14.9. The molecule has 2 rings (SSSR count). The molecular formula is C20H26N2O3. The van der Waals surface area contributed by atoms with Crippen molar-refractivity contribution in [1.29, 1.82) is 0 Å². The highest BCUT2D eigenvalue weighted by Gasteiger charge is 2.05. The average molecular weight is 342 g/mol. The Morgan fingerprint density at radius 1 is 0.840 bits per heavy atom. The van der Waals surface area contributed by atoms with Crippen molar-refractivity contribution in [2.75, 3.05) is 33.9 Å². The van der Waals surface area contributed by atoms with Crippen LogP contribution in [0.1, 0.15) is 11.1 Å². The maximum Gasteiger partial charge on any atom is 0.233 e. The minimum absolute atomic E-state index is 0.00470. The predicted octanol–water partition coefficient (Wildman–Crippen LogP) is 2.19. The number of rotatable bonds is 10. The summed E-state index contributed by atoms with van der Waals surface area (Å²) >= 11 is 0. The Bertz CT molecular complexity index is 673. The van der Waals surface area contributed by atoms with Crippen LogP contribution in [0, 0.1) is 0 Å². The SMILES string of the molecule is COc1ccccc1CCNCC(=O)NCCc1ccccc1OC. The smallest absolute Gasteiger partial charge is 0.233 e. The molecule has 5 nitrogen and oxygen atoms in total. The Morgan fingerprint density at radius 2 is 1.36 bits per heavy atom. The number of carbonyl (C=O) groups is 1. The van der Waals surface area contributed by atoms with Gasteiger partial charge in [0.2, 0.25) is 5.91 Å². The monoisotopic (exact) mass is 342 g/mol. The summed E-state index contributed by atoms with van der Waals surface area (Å²) in [5.41, 5.74) is 2.23. The van der Waals surface area contributed by atoms with Gasteiger partial charge in [-0.15, -0.1) is 0 Å². The Labute approximate surface area is 149 Å². The van der Waals surface area contributed by atoms with Crippen LogP contribution in [0.25, 0.3) is 0 Å². The van der Waals surface area contributed by atoms with E-state index in [1.807, 2.05) is 48.5 Å². The second kappa shape index (κ2) is 10.4. The first kappa shape index (κ1) is 18.8. The highest BCUT2D eigenvalue weighted by molar-refractivity contribution is 5.77. The molecular weight excluding hydrogens is 316 g/mol. The van der Waals surface area contributed by atoms with Crippen molar-refractivity contribution >= 4 is 5.91 Å². The standard InChI is InChI=1S/C20H26N2O3/c1-24-18-9-5-3-7-16(18)11-13-21-15-20(23)22-14-12-17-8-4-6-10-19(17)25-2/h3-10,21H,11-15H2,1-2H3,(H,22,23). The second-order valence-corrected chi connectivity index (χ2v) is 5.65. The van der Waals surface area contributed by atoms with E-state index in [-0.39, 0.29) is 5.91 Å². The van der Waals surface area contributed by atoms with Crippen molar-refractivity contribution in [1.82, 2.24) is 10.6 Å². The van der Waals surface area contributed by atoms with Gasteiger partial charge < -0.3 is 20.1 Å². The summed E-state index contributed by atoms with van der Waals surface area (Å²) in [5.74, 6) is 1.73. The van der Waals surface area contributed by atoms with E-state index in [2.05, 4.69) is 10.6 Å². The lowest BCUT2D eigenvalue weighted by Gasteiger charge is -2.10. The highest BCUT2D eigenvalue weighted by Crippen LogP contribution is 2.17. The molecule has 2 aromatic rings. The zero-order chi connectivity index (χ0) is 17.9. The number of hydrogen-bond donors (Lipinski definition) is 2. The summed E-state index contributed by atoms with van der Waals surface area (Å²) in [6.45, 7) is 1.62. The van der Waals surface area contributed by atoms with Gasteiger partial charge in [-0.2, -0.15) is 0 Å². The van der Waals surface area contributed by atoms with Crippen LogP contribution in [0.5, 0.6) is 11.5 Å². The third-order valence-electron chi connectivity index (χ3n) is 3.96. The number of ether oxygens (including phenoxy) is 2. The van der Waals surface area contributed by atoms with Crippen LogP contribution in [0.15, 0.2) is 48.5 Å². The largest absolute Gasteiger partial charge is 0.496 e. The lowest BCUT2D eigenvalue weighted by molar-refractivity contribution is -0.120. The molecule has 134 valence electrons. The Morgan fingerprint density at radius 3 is 1.92 bits per heavy atom. The first-order valence-electron chi connectivity index (χ1n) is 8.45. The van der Waals surface area contributed by atoms with Crippen molar-refractivity contribution in [3.05, 3.63) is 59.7 Å². The maximum absolute atomic E-state index is 11.9. The molecule has 0 saturated heterocycles. The number of methoxy groups -OCH3 is 2. The molecule has 1 amide bonds. The molecule has 0 saturated carbocycles. The summed E-state index contributed by atoms with van der Waals surface area (Å²) in [7, 11) is 3.32. The number of amides is 1. The Hall–Kier alpha value is -2.53. The first-order chi connectivity index (χ1) is 12.2. The quantitative estimate of drug-likeness (QED) is 0.650. The molecule has 0 aromatic heterocycles. The molecule has 0 heterocycles. The number of benzene rings is 2. The molecule has 0 radical (unpaired) electrons. The molecule has 0 bridgehead atoms. The summed E-state index contributed by atoms with van der Waals surface area (Å²) in [6.07, 6.45) is 1.56. The van der Waals surface area contributed by atoms with Gasteiger partial charge in [0.1, 0.15) is 11.5 Å². The van der Waals surface area contributed by atoms with Crippen molar-refractivity contribution in [2.45, 2.75) is 12.8 Å². The van der Waals surface area contributed by atoms with E-state index in [1.54, 1.807) is 14.2 Å². The number of para-hydroxylation sites is 2. The molecule has 0 aliphatic heterocycles. The van der Waals surface area contributed by atoms with E-state index < -0.39 is 0 Å². The molecule has 0 unspecified atom stereocenters. The van der Waals surface area contributed by atoms with Crippen LogP contribution >= 0.6 is 0 Å². The zero-order valence-electron chi connectivity index (χ0n) is 14.9. The molecule has 5 heteroatoms. The van der Waals surface area contributed by atoms with Gasteiger partial charge >= 0.3 is 0 Å². The Balaban J connectivity index is 1.64. The Kier molecular flexibility index (Phi) is 7.79. The van der Waals surface area contributed by atoms with Crippen LogP contribution in [0.4, 0.5) is 0 Å². The lowest BCUT2D eigenvalue weighted by Crippen LogP contribution is -2.35. The number of nitrogens with one attached hydrogen (secondary N) is 2. The van der Waals surface area contributed by atoms with Crippen molar-refractivity contribution in [2.24, 2.45) is 0 Å². The summed E-state index contributed by atoms with van der Waals surface area (Å²) < 4.78 is 10.6. The summed E-state index contributed by atoms with van der Waals surface area (Å²) in [5, 5.41) is 6.09. The van der Waals surface area contributed by atoms with E-state index in [9.17, 15) is 4.79 Å². The molecule has 0 fully saturated rings. The van der Waals surface area contributed by atoms with E-state index in [4.69, 9.17) is 9.47 Å². The molecule has 2 aromatic carbocycles. The fourth-order valence-corrected chi connectivity index (χ4v) is 2.64. The number of hydrogen-bond acceptors (Lipinski definition) is 4. The fraction of sp³-hybridized carbons (Fsp3) is 0.350. The van der Waals surface area contributed by atoms with Gasteiger partial charge in [0.15, 0.2) is 0 Å². The van der Waals surface area contributed by atoms with E-state index in [0.29, 0.717) is 13.1 Å². The molecule has 0 aliphatic rings. The van der Waals surface area contributed by atoms with Gasteiger partial charge in [0.25, 0.3) is 0 Å². The highest BCUT2D eigenvalue weighted by atomic mass is 16.5. The molecule has 0 aliphatic carbocycles. The van der Waals surface area contributed by atoms with Gasteiger partial charge in [0.05, 0.1) is 20.8 Å². The maximum atomic E-state index is 11.9. The molecule has 25 heavy (non-hydrogen) atoms. The van der Waals surface area contributed by atoms with Crippen molar-refractivity contribution < 1.29 is 14.3 Å². The topological polar surface area (TPSA) is 59.6 Å². The van der Waals surface area contributed by atoms with E-state index in [0.717, 1.165) is 42.0 Å². The van der Waals surface area contributed by atoms with Crippen LogP contribution in [0.2, 0.25) is 0 Å². The lowest BCUT2D eigenvalue weighted by atomic mass is 10.1. The van der Waals surface area contributed by atoms with Crippen molar-refractivity contribution in [3.8, 4) is 11.5 Å². The van der Waals surface area contributed by atoms with Gasteiger partial charge in [-0.1, -0.05) is 36.4 Å². The van der Waals surface area contributed by atoms with Crippen molar-refractivity contribution in [3.63, 3.8) is 0 Å². The number of carbonyl (C=O) groups excluding carboxylic acids is 1. The first-order valence-corrected chi connectivity index (χ1v) is 8.45. The van der Waals surface area contributed by atoms with Gasteiger partial charge in [-0.05, 0) is 42.6 Å². The van der Waals surface area contributed by atoms with Gasteiger partial charge in [0, 0.05) is 6.54 Å². The van der Waals surface area contributed by atoms with Crippen LogP contribution in [-0.2, 0) is 17.6 Å². The molecule has 2 N–H and O–H groups in total. The minimum Gasteiger partial charge on any atom is -0.496 e.